The van der Waals surface area contributed by atoms with Gasteiger partial charge in [0.25, 0.3) is 11.7 Å². The van der Waals surface area contributed by atoms with Gasteiger partial charge in [0.2, 0.25) is 0 Å². The highest BCUT2D eigenvalue weighted by Crippen LogP contribution is 2.40. The largest absolute Gasteiger partial charge is 0.507 e. The van der Waals surface area contributed by atoms with Crippen LogP contribution in [0.1, 0.15) is 60.0 Å². The van der Waals surface area contributed by atoms with E-state index in [-0.39, 0.29) is 11.3 Å². The molecule has 2 heterocycles. The van der Waals surface area contributed by atoms with Crippen LogP contribution in [0.15, 0.2) is 66.8 Å². The Morgan fingerprint density at radius 1 is 1.06 bits per heavy atom. The van der Waals surface area contributed by atoms with Crippen LogP contribution in [0.2, 0.25) is 0 Å². The third kappa shape index (κ3) is 4.53. The van der Waals surface area contributed by atoms with Crippen molar-refractivity contribution in [2.45, 2.75) is 52.6 Å². The molecule has 1 atom stereocenters. The van der Waals surface area contributed by atoms with Crippen LogP contribution in [-0.4, -0.2) is 37.8 Å². The summed E-state index contributed by atoms with van der Waals surface area (Å²) < 4.78 is 1.94. The van der Waals surface area contributed by atoms with E-state index in [9.17, 15) is 14.7 Å². The summed E-state index contributed by atoms with van der Waals surface area (Å²) in [6.07, 6.45) is 5.98. The van der Waals surface area contributed by atoms with Crippen molar-refractivity contribution in [1.29, 1.82) is 0 Å². The Kier molecular flexibility index (Phi) is 6.68. The number of hydrogen-bond donors (Lipinski definition) is 1. The maximum Gasteiger partial charge on any atom is 0.295 e. The van der Waals surface area contributed by atoms with Gasteiger partial charge in [-0.1, -0.05) is 55.8 Å². The lowest BCUT2D eigenvalue weighted by molar-refractivity contribution is -0.139. The number of benzene rings is 2. The van der Waals surface area contributed by atoms with E-state index < -0.39 is 17.7 Å². The first-order chi connectivity index (χ1) is 16.3. The zero-order valence-corrected chi connectivity index (χ0v) is 20.2. The summed E-state index contributed by atoms with van der Waals surface area (Å²) in [5.41, 5.74) is 4.55. The molecule has 1 saturated heterocycles. The number of carbonyl (C=O) groups is 2. The molecular weight excluding hydrogens is 426 g/mol. The summed E-state index contributed by atoms with van der Waals surface area (Å²) in [4.78, 5) is 32.1. The summed E-state index contributed by atoms with van der Waals surface area (Å²) in [7, 11) is 0. The Hall–Kier alpha value is -3.67. The van der Waals surface area contributed by atoms with E-state index >= 15 is 0 Å². The molecule has 3 aromatic rings. The number of aliphatic hydroxyl groups excluding tert-OH is 1. The highest BCUT2D eigenvalue weighted by Gasteiger charge is 2.45. The van der Waals surface area contributed by atoms with Crippen molar-refractivity contribution >= 4 is 17.4 Å². The fraction of sp³-hybridized carbons (Fsp3) is 0.321. The quantitative estimate of drug-likeness (QED) is 0.303. The van der Waals surface area contributed by atoms with Crippen LogP contribution in [0.25, 0.3) is 5.76 Å². The number of aromatic nitrogens is 2. The summed E-state index contributed by atoms with van der Waals surface area (Å²) in [5, 5.41) is 11.3. The first kappa shape index (κ1) is 23.5. The van der Waals surface area contributed by atoms with E-state index in [1.165, 1.54) is 5.56 Å². The van der Waals surface area contributed by atoms with Gasteiger partial charge in [0.15, 0.2) is 0 Å². The van der Waals surface area contributed by atoms with Crippen molar-refractivity contribution in [2.75, 3.05) is 6.54 Å². The van der Waals surface area contributed by atoms with E-state index in [1.54, 1.807) is 17.4 Å². The molecule has 0 bridgehead atoms. The average Bonchev–Trinajstić information content (AvgIpc) is 3.42. The molecule has 176 valence electrons. The summed E-state index contributed by atoms with van der Waals surface area (Å²) in [5.74, 6) is -0.963. The highest BCUT2D eigenvalue weighted by molar-refractivity contribution is 6.46. The third-order valence-corrected chi connectivity index (χ3v) is 6.48. The Morgan fingerprint density at radius 3 is 2.44 bits per heavy atom. The first-order valence-electron chi connectivity index (χ1n) is 11.7. The van der Waals surface area contributed by atoms with Crippen LogP contribution >= 0.6 is 0 Å². The SMILES string of the molecule is Cc1ccc(C)c(C(O)=C2C(=O)C(=O)N(CCCn3ccnc3)[C@H]2c2ccc(C(C)C)cc2)c1. The zero-order chi connectivity index (χ0) is 24.4. The van der Waals surface area contributed by atoms with Crippen LogP contribution in [0.3, 0.4) is 0 Å². The number of hydrogen-bond acceptors (Lipinski definition) is 4. The van der Waals surface area contributed by atoms with Crippen molar-refractivity contribution in [3.63, 3.8) is 0 Å². The van der Waals surface area contributed by atoms with Gasteiger partial charge in [0.1, 0.15) is 5.76 Å². The van der Waals surface area contributed by atoms with Gasteiger partial charge in [-0.15, -0.1) is 0 Å². The molecule has 1 aliphatic heterocycles. The van der Waals surface area contributed by atoms with Crippen LogP contribution in [0.4, 0.5) is 0 Å². The fourth-order valence-electron chi connectivity index (χ4n) is 4.50. The molecule has 6 heteroatoms. The van der Waals surface area contributed by atoms with Crippen molar-refractivity contribution in [1.82, 2.24) is 14.5 Å². The molecule has 0 aliphatic carbocycles. The monoisotopic (exact) mass is 457 g/mol. The van der Waals surface area contributed by atoms with Crippen molar-refractivity contribution in [2.24, 2.45) is 0 Å². The van der Waals surface area contributed by atoms with Gasteiger partial charge >= 0.3 is 0 Å². The number of aliphatic hydroxyl groups is 1. The molecule has 0 spiro atoms. The Labute approximate surface area is 200 Å². The van der Waals surface area contributed by atoms with E-state index in [0.717, 1.165) is 16.7 Å². The van der Waals surface area contributed by atoms with Crippen LogP contribution in [0, 0.1) is 13.8 Å². The molecule has 6 nitrogen and oxygen atoms in total. The van der Waals surface area contributed by atoms with E-state index in [0.29, 0.717) is 31.0 Å². The Bertz CT molecular complexity index is 1220. The number of ketones is 1. The number of aryl methyl sites for hydroxylation is 3. The predicted molar refractivity (Wildman–Crippen MR) is 132 cm³/mol. The number of carbonyl (C=O) groups excluding carboxylic acids is 2. The van der Waals surface area contributed by atoms with Crippen molar-refractivity contribution in [3.05, 3.63) is 94.6 Å². The molecule has 1 N–H and O–H groups in total. The van der Waals surface area contributed by atoms with Crippen LogP contribution in [-0.2, 0) is 16.1 Å². The van der Waals surface area contributed by atoms with Crippen molar-refractivity contribution < 1.29 is 14.7 Å². The smallest absolute Gasteiger partial charge is 0.295 e. The Morgan fingerprint density at radius 2 is 1.79 bits per heavy atom. The maximum absolute atomic E-state index is 13.3. The molecule has 34 heavy (non-hydrogen) atoms. The molecular formula is C28H31N3O3. The van der Waals surface area contributed by atoms with Crippen LogP contribution in [0.5, 0.6) is 0 Å². The lowest BCUT2D eigenvalue weighted by Gasteiger charge is -2.26. The van der Waals surface area contributed by atoms with Gasteiger partial charge in [-0.3, -0.25) is 9.59 Å². The lowest BCUT2D eigenvalue weighted by Crippen LogP contribution is -2.31. The number of imidazole rings is 1. The van der Waals surface area contributed by atoms with E-state index in [1.807, 2.05) is 67.1 Å². The second-order valence-corrected chi connectivity index (χ2v) is 9.29. The minimum absolute atomic E-state index is 0.116. The second kappa shape index (κ2) is 9.67. The standard InChI is InChI=1S/C28H31N3O3/c1-18(2)21-8-10-22(11-9-21)25-24(26(32)23-16-19(3)6-7-20(23)4)27(33)28(34)31(25)14-5-13-30-15-12-29-17-30/h6-12,15-18,25,32H,5,13-14H2,1-4H3/t25-/m0/s1. The van der Waals surface area contributed by atoms with Crippen molar-refractivity contribution in [3.8, 4) is 0 Å². The summed E-state index contributed by atoms with van der Waals surface area (Å²) >= 11 is 0. The normalized spacial score (nSPS) is 17.7. The number of Topliss-reactive ketones (excluding diaryl/α,β-unsaturated/α-hetero) is 1. The minimum atomic E-state index is -0.640. The van der Waals surface area contributed by atoms with Crippen LogP contribution < -0.4 is 0 Å². The number of rotatable bonds is 7. The third-order valence-electron chi connectivity index (χ3n) is 6.48. The Balaban J connectivity index is 1.77. The van der Waals surface area contributed by atoms with Gasteiger partial charge in [-0.05, 0) is 48.9 Å². The van der Waals surface area contributed by atoms with Gasteiger partial charge in [0.05, 0.1) is 17.9 Å². The van der Waals surface area contributed by atoms with Gasteiger partial charge in [0, 0.05) is 31.0 Å². The predicted octanol–water partition coefficient (Wildman–Crippen LogP) is 5.14. The maximum atomic E-state index is 13.3. The molecule has 4 rings (SSSR count). The molecule has 1 aromatic heterocycles. The molecule has 1 fully saturated rings. The molecule has 0 saturated carbocycles. The summed E-state index contributed by atoms with van der Waals surface area (Å²) in [6.45, 7) is 9.15. The molecule has 2 aromatic carbocycles. The molecule has 0 radical (unpaired) electrons. The van der Waals surface area contributed by atoms with Gasteiger partial charge < -0.3 is 14.6 Å². The number of nitrogens with zero attached hydrogens (tertiary/aromatic N) is 3. The summed E-state index contributed by atoms with van der Waals surface area (Å²) in [6, 6.07) is 13.1. The minimum Gasteiger partial charge on any atom is -0.507 e. The lowest BCUT2D eigenvalue weighted by atomic mass is 9.92. The average molecular weight is 458 g/mol. The molecule has 1 amide bonds. The highest BCUT2D eigenvalue weighted by atomic mass is 16.3. The zero-order valence-electron chi connectivity index (χ0n) is 20.2. The fourth-order valence-corrected chi connectivity index (χ4v) is 4.50. The first-order valence-corrected chi connectivity index (χ1v) is 11.7. The van der Waals surface area contributed by atoms with E-state index in [4.69, 9.17) is 0 Å². The van der Waals surface area contributed by atoms with E-state index in [2.05, 4.69) is 18.8 Å². The molecule has 1 aliphatic rings. The molecule has 0 unspecified atom stereocenters. The number of amides is 1. The van der Waals surface area contributed by atoms with Gasteiger partial charge in [-0.25, -0.2) is 4.98 Å². The second-order valence-electron chi connectivity index (χ2n) is 9.29. The topological polar surface area (TPSA) is 75.4 Å². The van der Waals surface area contributed by atoms with Gasteiger partial charge in [-0.2, -0.15) is 0 Å². The number of likely N-dealkylation sites (tertiary alicyclic amines) is 1.